The normalized spacial score (nSPS) is 18.9. The highest BCUT2D eigenvalue weighted by Crippen LogP contribution is 2.41. The number of thiophene rings is 1. The Bertz CT molecular complexity index is 1120. The van der Waals surface area contributed by atoms with E-state index in [0.717, 1.165) is 54.1 Å². The maximum atomic E-state index is 12.9. The second kappa shape index (κ2) is 8.11. The average molecular weight is 437 g/mol. The number of aryl methyl sites for hydroxylation is 2. The topological polar surface area (TPSA) is 58.6 Å². The number of anilines is 1. The van der Waals surface area contributed by atoms with Crippen LogP contribution in [0.3, 0.4) is 0 Å². The molecule has 0 saturated carbocycles. The van der Waals surface area contributed by atoms with Gasteiger partial charge in [-0.25, -0.2) is 9.97 Å². The van der Waals surface area contributed by atoms with Gasteiger partial charge in [-0.3, -0.25) is 4.79 Å². The molecule has 7 heteroatoms. The number of fused-ring (bicyclic) bond motifs is 3. The van der Waals surface area contributed by atoms with E-state index in [2.05, 4.69) is 11.8 Å². The minimum absolute atomic E-state index is 0.0771. The third-order valence-corrected chi connectivity index (χ3v) is 7.60. The summed E-state index contributed by atoms with van der Waals surface area (Å²) < 4.78 is 5.20. The zero-order chi connectivity index (χ0) is 21.5. The van der Waals surface area contributed by atoms with Crippen LogP contribution >= 0.6 is 11.3 Å². The molecule has 1 aromatic carbocycles. The van der Waals surface area contributed by atoms with Gasteiger partial charge in [0.15, 0.2) is 0 Å². The van der Waals surface area contributed by atoms with Crippen molar-refractivity contribution in [2.24, 2.45) is 5.92 Å². The molecule has 1 saturated heterocycles. The Labute approximate surface area is 186 Å². The summed E-state index contributed by atoms with van der Waals surface area (Å²) in [7, 11) is 1.63. The molecule has 2 aromatic heterocycles. The molecule has 31 heavy (non-hydrogen) atoms. The van der Waals surface area contributed by atoms with Gasteiger partial charge in [0.05, 0.1) is 12.5 Å². The van der Waals surface area contributed by atoms with Crippen LogP contribution in [0.15, 0.2) is 24.3 Å². The lowest BCUT2D eigenvalue weighted by Gasteiger charge is -2.36. The summed E-state index contributed by atoms with van der Waals surface area (Å²) in [5, 5.41) is 1.26. The fourth-order valence-electron chi connectivity index (χ4n) is 4.69. The zero-order valence-electron chi connectivity index (χ0n) is 18.4. The first-order chi connectivity index (χ1) is 15.0. The van der Waals surface area contributed by atoms with Crippen molar-refractivity contribution in [1.82, 2.24) is 14.9 Å². The number of methoxy groups -OCH3 is 1. The van der Waals surface area contributed by atoms with E-state index >= 15 is 0 Å². The molecular weight excluding hydrogens is 408 g/mol. The average Bonchev–Trinajstić information content (AvgIpc) is 3.15. The first-order valence-electron chi connectivity index (χ1n) is 11.0. The number of amides is 1. The minimum atomic E-state index is 0.0771. The SMILES string of the molecule is COc1ccc(C(=O)N2CCN(c3nc(C)nc4sc5c(c34)CCC(C)C5)CC2)cc1. The van der Waals surface area contributed by atoms with Crippen LogP contribution in [0.25, 0.3) is 10.2 Å². The molecule has 0 radical (unpaired) electrons. The van der Waals surface area contributed by atoms with Crippen LogP contribution in [-0.2, 0) is 12.8 Å². The predicted octanol–water partition coefficient (Wildman–Crippen LogP) is 4.10. The van der Waals surface area contributed by atoms with Gasteiger partial charge in [0, 0.05) is 36.6 Å². The van der Waals surface area contributed by atoms with Crippen LogP contribution < -0.4 is 9.64 Å². The van der Waals surface area contributed by atoms with E-state index in [1.165, 1.54) is 22.2 Å². The smallest absolute Gasteiger partial charge is 0.253 e. The second-order valence-corrected chi connectivity index (χ2v) is 9.72. The van der Waals surface area contributed by atoms with Gasteiger partial charge in [-0.1, -0.05) is 6.92 Å². The summed E-state index contributed by atoms with van der Waals surface area (Å²) in [5.74, 6) is 3.47. The van der Waals surface area contributed by atoms with Crippen LogP contribution in [0.4, 0.5) is 5.82 Å². The Hall–Kier alpha value is -2.67. The van der Waals surface area contributed by atoms with Crippen molar-refractivity contribution in [3.8, 4) is 5.75 Å². The van der Waals surface area contributed by atoms with E-state index in [9.17, 15) is 4.79 Å². The van der Waals surface area contributed by atoms with Crippen molar-refractivity contribution in [1.29, 1.82) is 0 Å². The molecule has 1 aliphatic carbocycles. The molecule has 0 bridgehead atoms. The molecule has 6 nitrogen and oxygen atoms in total. The van der Waals surface area contributed by atoms with E-state index in [1.807, 2.05) is 47.4 Å². The summed E-state index contributed by atoms with van der Waals surface area (Å²) in [5.41, 5.74) is 2.17. The fourth-order valence-corrected chi connectivity index (χ4v) is 6.12. The van der Waals surface area contributed by atoms with Crippen LogP contribution in [0, 0.1) is 12.8 Å². The van der Waals surface area contributed by atoms with Crippen molar-refractivity contribution in [3.63, 3.8) is 0 Å². The standard InChI is InChI=1S/C24H28N4O2S/c1-15-4-9-19-20(14-15)31-23-21(19)22(25-16(2)26-23)27-10-12-28(13-11-27)24(29)17-5-7-18(30-3)8-6-17/h5-8,15H,4,9-14H2,1-3H3. The number of carbonyl (C=O) groups is 1. The number of hydrogen-bond acceptors (Lipinski definition) is 6. The van der Waals surface area contributed by atoms with Gasteiger partial charge >= 0.3 is 0 Å². The van der Waals surface area contributed by atoms with Gasteiger partial charge in [-0.05, 0) is 61.9 Å². The zero-order valence-corrected chi connectivity index (χ0v) is 19.2. The number of hydrogen-bond donors (Lipinski definition) is 0. The third-order valence-electron chi connectivity index (χ3n) is 6.45. The molecule has 1 amide bonds. The van der Waals surface area contributed by atoms with E-state index in [0.29, 0.717) is 18.7 Å². The summed E-state index contributed by atoms with van der Waals surface area (Å²) in [4.78, 5) is 29.5. The second-order valence-electron chi connectivity index (χ2n) is 8.63. The van der Waals surface area contributed by atoms with Crippen LogP contribution in [0.5, 0.6) is 5.75 Å². The Morgan fingerprint density at radius 2 is 1.87 bits per heavy atom. The van der Waals surface area contributed by atoms with Crippen molar-refractivity contribution in [2.45, 2.75) is 33.1 Å². The minimum Gasteiger partial charge on any atom is -0.497 e. The van der Waals surface area contributed by atoms with E-state index < -0.39 is 0 Å². The number of benzene rings is 1. The molecule has 5 rings (SSSR count). The number of ether oxygens (including phenoxy) is 1. The van der Waals surface area contributed by atoms with Gasteiger partial charge in [0.25, 0.3) is 5.91 Å². The summed E-state index contributed by atoms with van der Waals surface area (Å²) in [6.45, 7) is 7.28. The maximum Gasteiger partial charge on any atom is 0.253 e. The van der Waals surface area contributed by atoms with E-state index in [4.69, 9.17) is 14.7 Å². The molecule has 162 valence electrons. The van der Waals surface area contributed by atoms with Crippen molar-refractivity contribution >= 4 is 33.3 Å². The van der Waals surface area contributed by atoms with E-state index in [-0.39, 0.29) is 5.91 Å². The fraction of sp³-hybridized carbons (Fsp3) is 0.458. The number of rotatable bonds is 3. The number of carbonyl (C=O) groups excluding carboxylic acids is 1. The number of nitrogens with zero attached hydrogens (tertiary/aromatic N) is 4. The molecule has 1 unspecified atom stereocenters. The van der Waals surface area contributed by atoms with Gasteiger partial charge < -0.3 is 14.5 Å². The van der Waals surface area contributed by atoms with Gasteiger partial charge in [0.1, 0.15) is 22.2 Å². The van der Waals surface area contributed by atoms with Gasteiger partial charge in [-0.15, -0.1) is 11.3 Å². The lowest BCUT2D eigenvalue weighted by molar-refractivity contribution is 0.0746. The monoisotopic (exact) mass is 436 g/mol. The third kappa shape index (κ3) is 3.76. The van der Waals surface area contributed by atoms with Gasteiger partial charge in [-0.2, -0.15) is 0 Å². The summed E-state index contributed by atoms with van der Waals surface area (Å²) >= 11 is 1.85. The first-order valence-corrected chi connectivity index (χ1v) is 11.8. The summed E-state index contributed by atoms with van der Waals surface area (Å²) in [6.07, 6.45) is 3.50. The number of aromatic nitrogens is 2. The van der Waals surface area contributed by atoms with E-state index in [1.54, 1.807) is 7.11 Å². The van der Waals surface area contributed by atoms with Crippen molar-refractivity contribution < 1.29 is 9.53 Å². The quantitative estimate of drug-likeness (QED) is 0.619. The number of piperazine rings is 1. The predicted molar refractivity (Wildman–Crippen MR) is 124 cm³/mol. The van der Waals surface area contributed by atoms with Crippen molar-refractivity contribution in [3.05, 3.63) is 46.1 Å². The molecule has 2 aliphatic rings. The Balaban J connectivity index is 1.37. The molecule has 0 N–H and O–H groups in total. The summed E-state index contributed by atoms with van der Waals surface area (Å²) in [6, 6.07) is 7.35. The Kier molecular flexibility index (Phi) is 5.30. The molecule has 3 heterocycles. The largest absolute Gasteiger partial charge is 0.497 e. The Morgan fingerprint density at radius 1 is 1.13 bits per heavy atom. The molecule has 1 atom stereocenters. The van der Waals surface area contributed by atoms with Crippen LogP contribution in [-0.4, -0.2) is 54.1 Å². The van der Waals surface area contributed by atoms with Crippen LogP contribution in [0.2, 0.25) is 0 Å². The molecule has 0 spiro atoms. The lowest BCUT2D eigenvalue weighted by Crippen LogP contribution is -2.49. The Morgan fingerprint density at radius 3 is 2.58 bits per heavy atom. The maximum absolute atomic E-state index is 12.9. The molecule has 3 aromatic rings. The first kappa shape index (κ1) is 20.2. The molecule has 1 fully saturated rings. The molecular formula is C24H28N4O2S. The van der Waals surface area contributed by atoms with Crippen molar-refractivity contribution in [2.75, 3.05) is 38.2 Å². The lowest BCUT2D eigenvalue weighted by atomic mass is 9.89. The van der Waals surface area contributed by atoms with Gasteiger partial charge in [0.2, 0.25) is 0 Å². The highest BCUT2D eigenvalue weighted by Gasteiger charge is 2.28. The molecule has 1 aliphatic heterocycles. The van der Waals surface area contributed by atoms with Crippen LogP contribution in [0.1, 0.15) is 40.0 Å². The highest BCUT2D eigenvalue weighted by molar-refractivity contribution is 7.19. The highest BCUT2D eigenvalue weighted by atomic mass is 32.1.